The van der Waals surface area contributed by atoms with E-state index in [0.717, 1.165) is 61.9 Å². The number of rotatable bonds is 10. The van der Waals surface area contributed by atoms with Gasteiger partial charge in [-0.1, -0.05) is 0 Å². The molecule has 0 aliphatic heterocycles. The van der Waals surface area contributed by atoms with Crippen molar-refractivity contribution in [2.75, 3.05) is 0 Å². The summed E-state index contributed by atoms with van der Waals surface area (Å²) >= 11 is -2.81. The van der Waals surface area contributed by atoms with Crippen LogP contribution in [0.5, 0.6) is 0 Å². The maximum atomic E-state index is 12.9. The Morgan fingerprint density at radius 2 is 1.41 bits per heavy atom. The van der Waals surface area contributed by atoms with Gasteiger partial charge in [0.2, 0.25) is 0 Å². The van der Waals surface area contributed by atoms with E-state index in [-0.39, 0.29) is 0 Å². The van der Waals surface area contributed by atoms with Gasteiger partial charge in [-0.2, -0.15) is 0 Å². The molecule has 128 valence electrons. The molecule has 0 N–H and O–H groups in total. The van der Waals surface area contributed by atoms with Crippen molar-refractivity contribution in [3.63, 3.8) is 0 Å². The van der Waals surface area contributed by atoms with Gasteiger partial charge >= 0.3 is 136 Å². The zero-order valence-electron chi connectivity index (χ0n) is 14.0. The Labute approximate surface area is 136 Å². The number of alkyl halides is 3. The van der Waals surface area contributed by atoms with Crippen molar-refractivity contribution < 1.29 is 13.2 Å². The van der Waals surface area contributed by atoms with Crippen LogP contribution in [0.1, 0.15) is 59.3 Å². The molecule has 2 nitrogen and oxygen atoms in total. The van der Waals surface area contributed by atoms with Gasteiger partial charge in [0.05, 0.1) is 0 Å². The fraction of sp³-hybridized carbons (Fsp3) is 0.812. The van der Waals surface area contributed by atoms with Crippen molar-refractivity contribution in [1.29, 1.82) is 0 Å². The molecule has 0 aromatic carbocycles. The van der Waals surface area contributed by atoms with E-state index >= 15 is 0 Å². The zero-order chi connectivity index (χ0) is 16.6. The predicted octanol–water partition coefficient (Wildman–Crippen LogP) is 5.42. The van der Waals surface area contributed by atoms with Gasteiger partial charge in [-0.05, 0) is 0 Å². The summed E-state index contributed by atoms with van der Waals surface area (Å²) in [4.78, 5) is 4.25. The zero-order valence-corrected chi connectivity index (χ0v) is 16.9. The first-order valence-corrected chi connectivity index (χ1v) is 16.0. The molecule has 1 rings (SSSR count). The topological polar surface area (TPSA) is 17.8 Å². The van der Waals surface area contributed by atoms with Crippen LogP contribution < -0.4 is 3.71 Å². The molecule has 6 heteroatoms. The van der Waals surface area contributed by atoms with Crippen LogP contribution in [0.15, 0.2) is 12.5 Å². The van der Waals surface area contributed by atoms with E-state index in [0.29, 0.717) is 4.57 Å². The third-order valence-corrected chi connectivity index (χ3v) is 19.5. The first-order valence-electron chi connectivity index (χ1n) is 8.51. The van der Waals surface area contributed by atoms with Gasteiger partial charge in [-0.3, -0.25) is 0 Å². The molecule has 0 saturated carbocycles. The van der Waals surface area contributed by atoms with Crippen LogP contribution in [0.3, 0.4) is 0 Å². The molecule has 0 amide bonds. The molecule has 0 atom stereocenters. The molecule has 22 heavy (non-hydrogen) atoms. The monoisotopic (exact) mass is 426 g/mol. The van der Waals surface area contributed by atoms with Gasteiger partial charge in [0.1, 0.15) is 0 Å². The summed E-state index contributed by atoms with van der Waals surface area (Å²) in [6, 6.07) is 0. The van der Waals surface area contributed by atoms with E-state index in [9.17, 15) is 13.2 Å². The summed E-state index contributed by atoms with van der Waals surface area (Å²) in [6.07, 6.45) is 4.64. The van der Waals surface area contributed by atoms with E-state index in [1.807, 2.05) is 0 Å². The summed E-state index contributed by atoms with van der Waals surface area (Å²) in [6.45, 7) is 6.47. The van der Waals surface area contributed by atoms with Crippen LogP contribution in [-0.2, 0) is 6.30 Å². The first kappa shape index (κ1) is 19.8. The van der Waals surface area contributed by atoms with Gasteiger partial charge in [0.25, 0.3) is 0 Å². The molecule has 0 unspecified atom stereocenters. The Balaban J connectivity index is 3.10. The molecule has 1 heterocycles. The number of aromatic nitrogens is 2. The molecule has 1 aromatic rings. The van der Waals surface area contributed by atoms with Crippen molar-refractivity contribution in [2.24, 2.45) is 0 Å². The first-order chi connectivity index (χ1) is 10.4. The van der Waals surface area contributed by atoms with Crippen LogP contribution in [0.2, 0.25) is 13.3 Å². The summed E-state index contributed by atoms with van der Waals surface area (Å²) in [5.41, 5.74) is 0. The maximum absolute atomic E-state index is 12.9. The number of nitrogens with zero attached hydrogens (tertiary/aromatic N) is 2. The Morgan fingerprint density at radius 1 is 0.955 bits per heavy atom. The second-order valence-corrected chi connectivity index (χ2v) is 19.3. The third-order valence-electron chi connectivity index (χ3n) is 4.45. The number of halogens is 3. The number of hydrogen-bond donors (Lipinski definition) is 0. The van der Waals surface area contributed by atoms with E-state index in [1.54, 1.807) is 0 Å². The average molecular weight is 425 g/mol. The fourth-order valence-corrected chi connectivity index (χ4v) is 18.3. The summed E-state index contributed by atoms with van der Waals surface area (Å²) < 4.78 is 43.3. The fourth-order valence-electron chi connectivity index (χ4n) is 3.04. The molecule has 0 fully saturated rings. The Morgan fingerprint density at radius 3 is 1.73 bits per heavy atom. The van der Waals surface area contributed by atoms with Crippen LogP contribution in [-0.4, -0.2) is 27.9 Å². The van der Waals surface area contributed by atoms with Crippen molar-refractivity contribution >= 4 is 22.1 Å². The molecule has 0 bridgehead atoms. The molecule has 1 aromatic heterocycles. The van der Waals surface area contributed by atoms with Gasteiger partial charge in [-0.25, -0.2) is 0 Å². The minimum absolute atomic E-state index is 0.345. The van der Waals surface area contributed by atoms with Crippen LogP contribution in [0.25, 0.3) is 0 Å². The van der Waals surface area contributed by atoms with E-state index in [1.165, 1.54) is 6.20 Å². The van der Waals surface area contributed by atoms with Gasteiger partial charge < -0.3 is 0 Å². The standard InChI is InChI=1S/C4H2F3N2.3C4H9.Sn/c5-4(6,7)9-2-1-8-3-9;3*1-3-4-2;/h2-3H;3*1,3-4H2,2H3;. The van der Waals surface area contributed by atoms with Crippen molar-refractivity contribution in [2.45, 2.75) is 78.9 Å². The minimum atomic E-state index is -4.34. The Hall–Kier alpha value is -0.201. The average Bonchev–Trinajstić information content (AvgIpc) is 2.97. The molecule has 0 radical (unpaired) electrons. The summed E-state index contributed by atoms with van der Waals surface area (Å²) in [5.74, 6) is 0. The molecule has 0 saturated heterocycles. The molecular weight excluding hydrogens is 396 g/mol. The van der Waals surface area contributed by atoms with Crippen molar-refractivity contribution in [3.8, 4) is 0 Å². The second kappa shape index (κ2) is 9.18. The number of imidazole rings is 1. The van der Waals surface area contributed by atoms with Crippen LogP contribution in [0.4, 0.5) is 13.2 Å². The molecule has 0 spiro atoms. The predicted molar refractivity (Wildman–Crippen MR) is 88.1 cm³/mol. The van der Waals surface area contributed by atoms with Gasteiger partial charge in [0.15, 0.2) is 0 Å². The third kappa shape index (κ3) is 5.46. The number of hydrogen-bond acceptors (Lipinski definition) is 1. The Kier molecular flexibility index (Phi) is 8.28. The molecular formula is C16H29F3N2Sn. The molecule has 0 aliphatic carbocycles. The second-order valence-electron chi connectivity index (χ2n) is 6.23. The van der Waals surface area contributed by atoms with Crippen molar-refractivity contribution in [3.05, 3.63) is 12.5 Å². The van der Waals surface area contributed by atoms with Gasteiger partial charge in [-0.15, -0.1) is 0 Å². The Bertz CT molecular complexity index is 407. The van der Waals surface area contributed by atoms with Gasteiger partial charge in [0, 0.05) is 0 Å². The van der Waals surface area contributed by atoms with E-state index in [2.05, 4.69) is 25.8 Å². The van der Waals surface area contributed by atoms with E-state index < -0.39 is 24.7 Å². The summed E-state index contributed by atoms with van der Waals surface area (Å²) in [5, 5.41) is 0. The van der Waals surface area contributed by atoms with Crippen molar-refractivity contribution in [1.82, 2.24) is 9.55 Å². The molecule has 0 aliphatic rings. The normalized spacial score (nSPS) is 12.8. The van der Waals surface area contributed by atoms with Crippen LogP contribution >= 0.6 is 0 Å². The van der Waals surface area contributed by atoms with Crippen LogP contribution in [0, 0.1) is 0 Å². The SMILES string of the molecule is CCC[CH2][Sn]([CH2]CCC)([CH2]CCC)[c]1cn(C(F)(F)F)cn1. The quantitative estimate of drug-likeness (QED) is 0.459. The summed E-state index contributed by atoms with van der Waals surface area (Å²) in [7, 11) is 0. The number of unbranched alkanes of at least 4 members (excludes halogenated alkanes) is 3. The van der Waals surface area contributed by atoms with E-state index in [4.69, 9.17) is 0 Å².